The maximum Gasteiger partial charge on any atom is 0.420 e. The first-order valence-electron chi connectivity index (χ1n) is 3.54. The van der Waals surface area contributed by atoms with E-state index in [1.165, 1.54) is 6.20 Å². The van der Waals surface area contributed by atoms with Gasteiger partial charge >= 0.3 is 6.18 Å². The third-order valence-electron chi connectivity index (χ3n) is 1.66. The summed E-state index contributed by atoms with van der Waals surface area (Å²) in [5.74, 6) is 0. The van der Waals surface area contributed by atoms with Gasteiger partial charge in [-0.1, -0.05) is 11.6 Å². The molecule has 0 amide bonds. The fourth-order valence-corrected chi connectivity index (χ4v) is 1.33. The summed E-state index contributed by atoms with van der Waals surface area (Å²) in [5.41, 5.74) is -1.13. The summed E-state index contributed by atoms with van der Waals surface area (Å²) in [4.78, 5) is 0. The lowest BCUT2D eigenvalue weighted by atomic mass is 10.2. The number of fused-ring (bicyclic) bond motifs is 1. The van der Waals surface area contributed by atoms with E-state index in [2.05, 4.69) is 10.2 Å². The fourth-order valence-electron chi connectivity index (χ4n) is 1.11. The van der Waals surface area contributed by atoms with Crippen molar-refractivity contribution in [3.63, 3.8) is 0 Å². The second-order valence-electron chi connectivity index (χ2n) is 2.63. The summed E-state index contributed by atoms with van der Waals surface area (Å²) in [6.45, 7) is 0. The predicted octanol–water partition coefficient (Wildman–Crippen LogP) is 2.40. The van der Waals surface area contributed by atoms with E-state index in [-0.39, 0.29) is 10.7 Å². The first-order valence-corrected chi connectivity index (χ1v) is 3.92. The number of alkyl halides is 3. The van der Waals surface area contributed by atoms with Crippen LogP contribution in [0.15, 0.2) is 18.6 Å². The van der Waals surface area contributed by atoms with E-state index in [9.17, 15) is 13.2 Å². The molecule has 2 heterocycles. The van der Waals surface area contributed by atoms with Crippen LogP contribution in [0.2, 0.25) is 5.02 Å². The number of pyridine rings is 1. The molecule has 7 heteroatoms. The molecule has 2 aromatic rings. The van der Waals surface area contributed by atoms with Gasteiger partial charge < -0.3 is 0 Å². The Kier molecular flexibility index (Phi) is 1.88. The number of halogens is 4. The van der Waals surface area contributed by atoms with Gasteiger partial charge in [0.25, 0.3) is 0 Å². The summed E-state index contributed by atoms with van der Waals surface area (Å²) < 4.78 is 38.4. The van der Waals surface area contributed by atoms with Crippen LogP contribution in [0.3, 0.4) is 0 Å². The van der Waals surface area contributed by atoms with Crippen LogP contribution in [-0.2, 0) is 6.18 Å². The molecule has 14 heavy (non-hydrogen) atoms. The summed E-state index contributed by atoms with van der Waals surface area (Å²) in [7, 11) is 0. The van der Waals surface area contributed by atoms with E-state index < -0.39 is 11.7 Å². The molecule has 3 nitrogen and oxygen atoms in total. The molecule has 0 N–H and O–H groups in total. The molecule has 2 aromatic heterocycles. The molecule has 0 unspecified atom stereocenters. The summed E-state index contributed by atoms with van der Waals surface area (Å²) in [6.07, 6.45) is -2.00. The molecule has 0 saturated carbocycles. The van der Waals surface area contributed by atoms with Crippen LogP contribution in [0.4, 0.5) is 13.2 Å². The molecule has 0 radical (unpaired) electrons. The molecule has 0 spiro atoms. The normalized spacial score (nSPS) is 12.3. The first-order chi connectivity index (χ1) is 6.48. The van der Waals surface area contributed by atoms with Crippen molar-refractivity contribution in [2.24, 2.45) is 0 Å². The van der Waals surface area contributed by atoms with E-state index in [0.717, 1.165) is 16.8 Å². The monoisotopic (exact) mass is 221 g/mol. The Morgan fingerprint density at radius 1 is 1.36 bits per heavy atom. The lowest BCUT2D eigenvalue weighted by molar-refractivity contribution is -0.136. The Morgan fingerprint density at radius 2 is 2.07 bits per heavy atom. The van der Waals surface area contributed by atoms with E-state index >= 15 is 0 Å². The second-order valence-corrected chi connectivity index (χ2v) is 3.07. The zero-order valence-corrected chi connectivity index (χ0v) is 7.34. The molecular formula is C7H3ClF3N3. The molecule has 0 aromatic carbocycles. The molecule has 74 valence electrons. The average molecular weight is 222 g/mol. The Hall–Kier alpha value is -1.30. The van der Waals surface area contributed by atoms with Crippen LogP contribution in [-0.4, -0.2) is 14.6 Å². The minimum atomic E-state index is -4.47. The molecule has 0 aliphatic carbocycles. The van der Waals surface area contributed by atoms with Gasteiger partial charge in [0.15, 0.2) is 5.65 Å². The topological polar surface area (TPSA) is 30.2 Å². The second kappa shape index (κ2) is 2.84. The number of hydrogen-bond acceptors (Lipinski definition) is 2. The largest absolute Gasteiger partial charge is 0.420 e. The number of nitrogens with zero attached hydrogens (tertiary/aromatic N) is 3. The SMILES string of the molecule is FC(F)(F)c1cc(Cl)cn2cnnc12. The van der Waals surface area contributed by atoms with Gasteiger partial charge in [0.1, 0.15) is 11.9 Å². The molecule has 0 aliphatic rings. The third-order valence-corrected chi connectivity index (χ3v) is 1.87. The maximum absolute atomic E-state index is 12.4. The Bertz CT molecular complexity index is 476. The van der Waals surface area contributed by atoms with Crippen LogP contribution in [0, 0.1) is 0 Å². The highest BCUT2D eigenvalue weighted by molar-refractivity contribution is 6.30. The van der Waals surface area contributed by atoms with E-state index in [4.69, 9.17) is 11.6 Å². The van der Waals surface area contributed by atoms with Crippen molar-refractivity contribution in [3.05, 3.63) is 29.2 Å². The first kappa shape index (κ1) is 9.26. The smallest absolute Gasteiger partial charge is 0.287 e. The van der Waals surface area contributed by atoms with Gasteiger partial charge in [0, 0.05) is 6.20 Å². The maximum atomic E-state index is 12.4. The van der Waals surface area contributed by atoms with Gasteiger partial charge in [0.2, 0.25) is 0 Å². The highest BCUT2D eigenvalue weighted by Crippen LogP contribution is 2.33. The molecule has 2 rings (SSSR count). The van der Waals surface area contributed by atoms with Gasteiger partial charge in [-0.2, -0.15) is 13.2 Å². The van der Waals surface area contributed by atoms with Crippen LogP contribution in [0.5, 0.6) is 0 Å². The lowest BCUT2D eigenvalue weighted by Crippen LogP contribution is -2.07. The molecule has 0 fully saturated rings. The van der Waals surface area contributed by atoms with Gasteiger partial charge in [-0.3, -0.25) is 4.40 Å². The van der Waals surface area contributed by atoms with Crippen molar-refractivity contribution in [3.8, 4) is 0 Å². The molecule has 0 bridgehead atoms. The summed E-state index contributed by atoms with van der Waals surface area (Å²) >= 11 is 5.51. The highest BCUT2D eigenvalue weighted by atomic mass is 35.5. The minimum Gasteiger partial charge on any atom is -0.287 e. The van der Waals surface area contributed by atoms with Gasteiger partial charge in [0.05, 0.1) is 5.02 Å². The molecule has 0 aliphatic heterocycles. The molecule has 0 saturated heterocycles. The number of rotatable bonds is 0. The lowest BCUT2D eigenvalue weighted by Gasteiger charge is -2.07. The van der Waals surface area contributed by atoms with Crippen molar-refractivity contribution >= 4 is 17.2 Å². The Balaban J connectivity index is 2.80. The molecule has 0 atom stereocenters. The van der Waals surface area contributed by atoms with E-state index in [1.54, 1.807) is 0 Å². The van der Waals surface area contributed by atoms with Crippen molar-refractivity contribution < 1.29 is 13.2 Å². The van der Waals surface area contributed by atoms with Gasteiger partial charge in [-0.05, 0) is 6.07 Å². The molecular weight excluding hydrogens is 219 g/mol. The average Bonchev–Trinajstić information content (AvgIpc) is 2.47. The Labute approximate surface area is 81.1 Å². The van der Waals surface area contributed by atoms with Crippen molar-refractivity contribution in [1.29, 1.82) is 0 Å². The van der Waals surface area contributed by atoms with Crippen molar-refractivity contribution in [1.82, 2.24) is 14.6 Å². The van der Waals surface area contributed by atoms with Crippen LogP contribution in [0.1, 0.15) is 5.56 Å². The fraction of sp³-hybridized carbons (Fsp3) is 0.143. The van der Waals surface area contributed by atoms with Gasteiger partial charge in [-0.15, -0.1) is 10.2 Å². The summed E-state index contributed by atoms with van der Waals surface area (Å²) in [6, 6.07) is 0.825. The Morgan fingerprint density at radius 3 is 2.71 bits per heavy atom. The van der Waals surface area contributed by atoms with Crippen molar-refractivity contribution in [2.45, 2.75) is 6.18 Å². The van der Waals surface area contributed by atoms with Crippen LogP contribution in [0.25, 0.3) is 5.65 Å². The summed E-state index contributed by atoms with van der Waals surface area (Å²) in [5, 5.41) is 6.72. The number of aromatic nitrogens is 3. The van der Waals surface area contributed by atoms with Crippen LogP contribution < -0.4 is 0 Å². The number of hydrogen-bond donors (Lipinski definition) is 0. The minimum absolute atomic E-state index is 0.00961. The highest BCUT2D eigenvalue weighted by Gasteiger charge is 2.34. The van der Waals surface area contributed by atoms with E-state index in [0.29, 0.717) is 0 Å². The standard InChI is InChI=1S/C7H3ClF3N3/c8-4-1-5(7(9,10)11)6-13-12-3-14(6)2-4/h1-3H. The quantitative estimate of drug-likeness (QED) is 0.684. The van der Waals surface area contributed by atoms with E-state index in [1.807, 2.05) is 0 Å². The van der Waals surface area contributed by atoms with Gasteiger partial charge in [-0.25, -0.2) is 0 Å². The third kappa shape index (κ3) is 1.41. The van der Waals surface area contributed by atoms with Crippen molar-refractivity contribution in [2.75, 3.05) is 0 Å². The zero-order valence-electron chi connectivity index (χ0n) is 6.59. The van der Waals surface area contributed by atoms with Crippen LogP contribution >= 0.6 is 11.6 Å². The predicted molar refractivity (Wildman–Crippen MR) is 43.0 cm³/mol. The zero-order chi connectivity index (χ0) is 10.3.